The average Bonchev–Trinajstić information content (AvgIpc) is 3.03. The summed E-state index contributed by atoms with van der Waals surface area (Å²) in [5.74, 6) is -2.64. The van der Waals surface area contributed by atoms with Crippen LogP contribution in [0, 0.1) is 0 Å². The Morgan fingerprint density at radius 3 is 2.54 bits per heavy atom. The van der Waals surface area contributed by atoms with E-state index in [4.69, 9.17) is 4.55 Å². The zero-order chi connectivity index (χ0) is 20.3. The van der Waals surface area contributed by atoms with Gasteiger partial charge in [-0.15, -0.1) is 0 Å². The fourth-order valence-electron chi connectivity index (χ4n) is 2.84. The van der Waals surface area contributed by atoms with Crippen molar-refractivity contribution in [2.24, 2.45) is 0 Å². The molecule has 0 radical (unpaired) electrons. The Bertz CT molecular complexity index is 1120. The fourth-order valence-corrected chi connectivity index (χ4v) is 3.13. The Balaban J connectivity index is 2.13. The molecule has 0 bridgehead atoms. The van der Waals surface area contributed by atoms with Gasteiger partial charge < -0.3 is 25.1 Å². The molecule has 1 atom stereocenters. The maximum atomic E-state index is 11.9. The summed E-state index contributed by atoms with van der Waals surface area (Å²) < 4.78 is 19.7. The van der Waals surface area contributed by atoms with E-state index < -0.39 is 23.0 Å². The van der Waals surface area contributed by atoms with Crippen LogP contribution in [0.15, 0.2) is 48.5 Å². The molecule has 1 unspecified atom stereocenters. The summed E-state index contributed by atoms with van der Waals surface area (Å²) in [4.78, 5) is 26.3. The van der Waals surface area contributed by atoms with Crippen molar-refractivity contribution in [1.29, 1.82) is 0 Å². The van der Waals surface area contributed by atoms with Crippen molar-refractivity contribution in [2.75, 3.05) is 11.2 Å². The smallest absolute Gasteiger partial charge is 0.352 e. The fraction of sp³-hybridized carbons (Fsp3) is 0.0526. The number of H-pyrrole nitrogens is 1. The van der Waals surface area contributed by atoms with Crippen molar-refractivity contribution in [2.45, 2.75) is 0 Å². The van der Waals surface area contributed by atoms with E-state index in [0.29, 0.717) is 22.2 Å². The van der Waals surface area contributed by atoms with Crippen molar-refractivity contribution in [3.05, 3.63) is 65.4 Å². The molecule has 3 rings (SSSR count). The largest absolute Gasteiger partial charge is 0.478 e. The van der Waals surface area contributed by atoms with Crippen LogP contribution >= 0.6 is 0 Å². The maximum Gasteiger partial charge on any atom is 0.352 e. The zero-order valence-corrected chi connectivity index (χ0v) is 15.2. The number of nitrogens with one attached hydrogen (secondary N) is 2. The number of fused-ring (bicyclic) bond motifs is 1. The monoisotopic (exact) mass is 400 g/mol. The van der Waals surface area contributed by atoms with Gasteiger partial charge in [0.1, 0.15) is 11.6 Å². The lowest BCUT2D eigenvalue weighted by Gasteiger charge is -2.08. The minimum absolute atomic E-state index is 0.107. The number of hydrogen-bond acceptors (Lipinski definition) is 4. The summed E-state index contributed by atoms with van der Waals surface area (Å²) in [6, 6.07) is 13.2. The van der Waals surface area contributed by atoms with Crippen molar-refractivity contribution < 1.29 is 28.6 Å². The highest BCUT2D eigenvalue weighted by molar-refractivity contribution is 7.79. The summed E-state index contributed by atoms with van der Waals surface area (Å²) in [7, 11) is 0. The molecule has 9 heteroatoms. The third kappa shape index (κ3) is 4.11. The highest BCUT2D eigenvalue weighted by Gasteiger charge is 2.19. The van der Waals surface area contributed by atoms with Gasteiger partial charge in [0.25, 0.3) is 0 Å². The van der Waals surface area contributed by atoms with Gasteiger partial charge >= 0.3 is 11.9 Å². The van der Waals surface area contributed by atoms with Crippen LogP contribution < -0.4 is 5.32 Å². The quantitative estimate of drug-likeness (QED) is 0.303. The molecule has 0 saturated heterocycles. The Morgan fingerprint density at radius 1 is 1.11 bits per heavy atom. The molecule has 0 fully saturated rings. The molecule has 0 amide bonds. The third-order valence-electron chi connectivity index (χ3n) is 4.05. The number of para-hydroxylation sites is 1. The number of aliphatic carboxylic acids is 1. The summed E-state index contributed by atoms with van der Waals surface area (Å²) in [6.07, 6.45) is 1.31. The van der Waals surface area contributed by atoms with Gasteiger partial charge in [0.2, 0.25) is 0 Å². The van der Waals surface area contributed by atoms with Gasteiger partial charge in [0, 0.05) is 22.2 Å². The number of anilines is 1. The molecule has 0 aliphatic carbocycles. The second-order valence-corrected chi connectivity index (χ2v) is 6.78. The third-order valence-corrected chi connectivity index (χ3v) is 4.44. The first-order valence-corrected chi connectivity index (χ1v) is 9.35. The minimum Gasteiger partial charge on any atom is -0.478 e. The van der Waals surface area contributed by atoms with Crippen LogP contribution in [-0.2, 0) is 15.9 Å². The number of carboxylic acid groups (broad SMARTS) is 2. The van der Waals surface area contributed by atoms with Gasteiger partial charge in [-0.3, -0.25) is 0 Å². The summed E-state index contributed by atoms with van der Waals surface area (Å²) in [6.45, 7) is 0. The lowest BCUT2D eigenvalue weighted by atomic mass is 10.0. The van der Waals surface area contributed by atoms with E-state index in [-0.39, 0.29) is 22.7 Å². The minimum atomic E-state index is -2.05. The molecule has 3 aromatic rings. The van der Waals surface area contributed by atoms with Crippen LogP contribution in [-0.4, -0.2) is 41.8 Å². The van der Waals surface area contributed by atoms with E-state index in [2.05, 4.69) is 10.3 Å². The van der Waals surface area contributed by atoms with E-state index in [0.717, 1.165) is 0 Å². The molecule has 144 valence electrons. The van der Waals surface area contributed by atoms with Gasteiger partial charge in [-0.05, 0) is 29.8 Å². The first-order chi connectivity index (χ1) is 13.4. The van der Waals surface area contributed by atoms with Crippen molar-refractivity contribution in [3.8, 4) is 0 Å². The first-order valence-electron chi connectivity index (χ1n) is 8.07. The molecular weight excluding hydrogens is 384 g/mol. The lowest BCUT2D eigenvalue weighted by molar-refractivity contribution is -0.130. The molecule has 0 aliphatic heterocycles. The highest BCUT2D eigenvalue weighted by atomic mass is 32.2. The number of aromatic carboxylic acids is 1. The number of aromatic nitrogens is 1. The van der Waals surface area contributed by atoms with Crippen molar-refractivity contribution in [3.63, 3.8) is 0 Å². The van der Waals surface area contributed by atoms with Crippen LogP contribution in [0.2, 0.25) is 0 Å². The standard InChI is InChI=1S/C19H16N2O6S/c22-18(23)14(11-4-3-5-12(8-11)20-10-28(26)27)9-15-13-6-1-2-7-16(13)21-17(15)19(24)25/h1-9,20-21H,10H2,(H,22,23)(H,24,25)(H,26,27). The number of aromatic amines is 1. The molecule has 2 aromatic carbocycles. The molecule has 1 aromatic heterocycles. The molecule has 28 heavy (non-hydrogen) atoms. The van der Waals surface area contributed by atoms with Gasteiger partial charge in [0.15, 0.2) is 11.1 Å². The highest BCUT2D eigenvalue weighted by Crippen LogP contribution is 2.28. The molecule has 0 spiro atoms. The number of carboxylic acids is 2. The summed E-state index contributed by atoms with van der Waals surface area (Å²) >= 11 is -2.05. The predicted octanol–water partition coefficient (Wildman–Crippen LogP) is 3.08. The normalized spacial score (nSPS) is 12.7. The number of benzene rings is 2. The Hall–Kier alpha value is -3.43. The van der Waals surface area contributed by atoms with Crippen LogP contribution in [0.4, 0.5) is 5.69 Å². The zero-order valence-electron chi connectivity index (χ0n) is 14.4. The second-order valence-electron chi connectivity index (χ2n) is 5.85. The summed E-state index contributed by atoms with van der Waals surface area (Å²) in [5.41, 5.74) is 1.41. The Labute approximate surface area is 161 Å². The van der Waals surface area contributed by atoms with Crippen molar-refractivity contribution in [1.82, 2.24) is 4.98 Å². The van der Waals surface area contributed by atoms with Crippen LogP contribution in [0.5, 0.6) is 0 Å². The van der Waals surface area contributed by atoms with Crippen molar-refractivity contribution >= 4 is 51.3 Å². The van der Waals surface area contributed by atoms with Gasteiger partial charge in [-0.1, -0.05) is 30.3 Å². The maximum absolute atomic E-state index is 11.9. The second kappa shape index (κ2) is 8.07. The van der Waals surface area contributed by atoms with Gasteiger partial charge in [-0.2, -0.15) is 0 Å². The topological polar surface area (TPSA) is 140 Å². The van der Waals surface area contributed by atoms with E-state index >= 15 is 0 Å². The van der Waals surface area contributed by atoms with E-state index in [1.165, 1.54) is 12.1 Å². The lowest BCUT2D eigenvalue weighted by Crippen LogP contribution is -2.07. The Morgan fingerprint density at radius 2 is 1.86 bits per heavy atom. The molecule has 5 N–H and O–H groups in total. The first kappa shape index (κ1) is 19.3. The number of rotatable bonds is 7. The number of hydrogen-bond donors (Lipinski definition) is 5. The van der Waals surface area contributed by atoms with E-state index in [1.54, 1.807) is 42.5 Å². The molecule has 1 heterocycles. The SMILES string of the molecule is O=C(O)C(=Cc1c(C(=O)O)[nH]c2ccccc12)c1cccc(NCS(=O)O)c1. The molecule has 8 nitrogen and oxygen atoms in total. The summed E-state index contributed by atoms with van der Waals surface area (Å²) in [5, 5.41) is 22.5. The van der Waals surface area contributed by atoms with Gasteiger partial charge in [-0.25, -0.2) is 13.8 Å². The Kier molecular flexibility index (Phi) is 5.57. The van der Waals surface area contributed by atoms with Crippen LogP contribution in [0.3, 0.4) is 0 Å². The number of carbonyl (C=O) groups is 2. The molecule has 0 aliphatic rings. The molecule has 0 saturated carbocycles. The van der Waals surface area contributed by atoms with Crippen LogP contribution in [0.25, 0.3) is 22.6 Å². The van der Waals surface area contributed by atoms with E-state index in [9.17, 15) is 24.0 Å². The van der Waals surface area contributed by atoms with Crippen LogP contribution in [0.1, 0.15) is 21.6 Å². The molecular formula is C19H16N2O6S. The van der Waals surface area contributed by atoms with Gasteiger partial charge in [0.05, 0.1) is 5.57 Å². The predicted molar refractivity (Wildman–Crippen MR) is 106 cm³/mol. The van der Waals surface area contributed by atoms with E-state index in [1.807, 2.05) is 0 Å². The average molecular weight is 400 g/mol.